The van der Waals surface area contributed by atoms with Gasteiger partial charge in [-0.3, -0.25) is 9.89 Å². The first kappa shape index (κ1) is 18.4. The van der Waals surface area contributed by atoms with Gasteiger partial charge in [-0.05, 0) is 19.8 Å². The van der Waals surface area contributed by atoms with Crippen LogP contribution in [0.4, 0.5) is 19.1 Å². The highest BCUT2D eigenvalue weighted by Crippen LogP contribution is 2.26. The third-order valence-electron chi connectivity index (χ3n) is 2.36. The van der Waals surface area contributed by atoms with Gasteiger partial charge in [-0.15, -0.1) is 5.10 Å². The van der Waals surface area contributed by atoms with Crippen molar-refractivity contribution in [3.63, 3.8) is 0 Å². The highest BCUT2D eigenvalue weighted by atomic mass is 19.4. The molecule has 0 radical (unpaired) electrons. The number of aromatic nitrogens is 3. The van der Waals surface area contributed by atoms with Crippen LogP contribution in [0.1, 0.15) is 32.0 Å². The predicted molar refractivity (Wildman–Crippen MR) is 70.6 cm³/mol. The molecule has 1 aromatic rings. The van der Waals surface area contributed by atoms with Gasteiger partial charge in [-0.25, -0.2) is 10.2 Å². The molecule has 0 aliphatic rings. The van der Waals surface area contributed by atoms with Crippen molar-refractivity contribution in [3.8, 4) is 0 Å². The molecule has 1 heterocycles. The Hall–Kier alpha value is -2.66. The number of alkyl halides is 3. The molecule has 0 saturated heterocycles. The molecule has 23 heavy (non-hydrogen) atoms. The summed E-state index contributed by atoms with van der Waals surface area (Å²) in [7, 11) is 0. The number of aromatic amines is 1. The summed E-state index contributed by atoms with van der Waals surface area (Å²) in [6.07, 6.45) is -4.81. The second-order valence-corrected chi connectivity index (χ2v) is 4.14. The maximum Gasteiger partial charge on any atom is 0.451 e. The van der Waals surface area contributed by atoms with E-state index in [1.807, 2.05) is 0 Å². The Morgan fingerprint density at radius 2 is 2.09 bits per heavy atom. The molecular weight excluding hydrogens is 323 g/mol. The molecule has 0 unspecified atom stereocenters. The molecule has 0 atom stereocenters. The zero-order chi connectivity index (χ0) is 17.5. The molecule has 12 heteroatoms. The molecule has 9 nitrogen and oxygen atoms in total. The van der Waals surface area contributed by atoms with Crippen LogP contribution in [0.25, 0.3) is 0 Å². The number of carboxylic acid groups (broad SMARTS) is 1. The van der Waals surface area contributed by atoms with Crippen LogP contribution >= 0.6 is 0 Å². The fraction of sp³-hybridized carbons (Fsp3) is 0.545. The van der Waals surface area contributed by atoms with E-state index in [-0.39, 0.29) is 31.6 Å². The molecule has 0 aliphatic carbocycles. The monoisotopic (exact) mass is 337 g/mol. The number of hydrazone groups is 1. The summed E-state index contributed by atoms with van der Waals surface area (Å²) in [5.41, 5.74) is 1.93. The van der Waals surface area contributed by atoms with Gasteiger partial charge in [0, 0.05) is 6.42 Å². The van der Waals surface area contributed by atoms with Crippen molar-refractivity contribution >= 4 is 23.6 Å². The lowest BCUT2D eigenvalue weighted by molar-refractivity contribution is -0.144. The van der Waals surface area contributed by atoms with Crippen LogP contribution in [-0.2, 0) is 20.5 Å². The topological polar surface area (TPSA) is 130 Å². The zero-order valence-corrected chi connectivity index (χ0v) is 12.0. The Kier molecular flexibility index (Phi) is 6.48. The van der Waals surface area contributed by atoms with Crippen LogP contribution in [0.2, 0.25) is 0 Å². The van der Waals surface area contributed by atoms with E-state index >= 15 is 0 Å². The van der Waals surface area contributed by atoms with Crippen molar-refractivity contribution < 1.29 is 32.6 Å². The first-order valence-corrected chi connectivity index (χ1v) is 6.45. The van der Waals surface area contributed by atoms with Crippen molar-refractivity contribution in [3.05, 3.63) is 5.82 Å². The van der Waals surface area contributed by atoms with Gasteiger partial charge in [-0.1, -0.05) is 0 Å². The average Bonchev–Trinajstić information content (AvgIpc) is 2.91. The Morgan fingerprint density at radius 1 is 1.39 bits per heavy atom. The smallest absolute Gasteiger partial charge is 0.451 e. The first-order chi connectivity index (χ1) is 10.7. The van der Waals surface area contributed by atoms with E-state index in [0.29, 0.717) is 0 Å². The molecule has 128 valence electrons. The zero-order valence-electron chi connectivity index (χ0n) is 12.0. The summed E-state index contributed by atoms with van der Waals surface area (Å²) in [5.74, 6) is -3.67. The van der Waals surface area contributed by atoms with E-state index in [1.165, 1.54) is 0 Å². The predicted octanol–water partition coefficient (Wildman–Crippen LogP) is 1.41. The van der Waals surface area contributed by atoms with Crippen molar-refractivity contribution in [1.29, 1.82) is 0 Å². The van der Waals surface area contributed by atoms with E-state index in [1.54, 1.807) is 12.0 Å². The van der Waals surface area contributed by atoms with Gasteiger partial charge in [-0.2, -0.15) is 23.3 Å². The lowest BCUT2D eigenvalue weighted by Crippen LogP contribution is -2.19. The lowest BCUT2D eigenvalue weighted by atomic mass is 10.1. The number of anilines is 1. The second-order valence-electron chi connectivity index (χ2n) is 4.14. The summed E-state index contributed by atoms with van der Waals surface area (Å²) < 4.78 is 41.8. The highest BCUT2D eigenvalue weighted by molar-refractivity contribution is 6.36. The van der Waals surface area contributed by atoms with Crippen LogP contribution in [0, 0.1) is 0 Å². The van der Waals surface area contributed by atoms with Crippen molar-refractivity contribution in [1.82, 2.24) is 15.2 Å². The summed E-state index contributed by atoms with van der Waals surface area (Å²) in [4.78, 5) is 25.2. The molecule has 0 aromatic carbocycles. The standard InChI is InChI=1S/C11H14F3N5O4/c1-2-23-8(22)6(4-3-5-7(20)21)16-18-10-15-9(17-19-10)11(12,13)14/h2-5H2,1H3,(H,20,21)(H2,15,17,18,19)/b16-6-. The van der Waals surface area contributed by atoms with E-state index in [2.05, 4.69) is 20.6 Å². The number of nitrogens with one attached hydrogen (secondary N) is 2. The minimum Gasteiger partial charge on any atom is -0.481 e. The maximum absolute atomic E-state index is 12.3. The molecule has 0 bridgehead atoms. The van der Waals surface area contributed by atoms with E-state index in [4.69, 9.17) is 9.84 Å². The summed E-state index contributed by atoms with van der Waals surface area (Å²) in [6.45, 7) is 1.63. The molecular formula is C11H14F3N5O4. The van der Waals surface area contributed by atoms with Gasteiger partial charge in [0.25, 0.3) is 5.95 Å². The molecule has 1 aromatic heterocycles. The van der Waals surface area contributed by atoms with E-state index in [0.717, 1.165) is 0 Å². The van der Waals surface area contributed by atoms with E-state index in [9.17, 15) is 22.8 Å². The van der Waals surface area contributed by atoms with Crippen LogP contribution in [-0.4, -0.2) is 44.5 Å². The number of ether oxygens (including phenoxy) is 1. The normalized spacial score (nSPS) is 12.1. The SMILES string of the molecule is CCOC(=O)/C(CCCC(=O)O)=N\Nc1n[nH]c(C(F)(F)F)n1. The fourth-order valence-electron chi connectivity index (χ4n) is 1.38. The third kappa shape index (κ3) is 6.32. The molecule has 1 rings (SSSR count). The van der Waals surface area contributed by atoms with Gasteiger partial charge in [0.1, 0.15) is 5.71 Å². The summed E-state index contributed by atoms with van der Waals surface area (Å²) >= 11 is 0. The number of nitrogens with zero attached hydrogens (tertiary/aromatic N) is 3. The fourth-order valence-corrected chi connectivity index (χ4v) is 1.38. The van der Waals surface area contributed by atoms with Crippen molar-refractivity contribution in [2.24, 2.45) is 5.10 Å². The first-order valence-electron chi connectivity index (χ1n) is 6.45. The Morgan fingerprint density at radius 3 is 2.61 bits per heavy atom. The van der Waals surface area contributed by atoms with Crippen molar-refractivity contribution in [2.45, 2.75) is 32.4 Å². The summed E-state index contributed by atoms with van der Waals surface area (Å²) in [6, 6.07) is 0. The van der Waals surface area contributed by atoms with Gasteiger partial charge in [0.15, 0.2) is 0 Å². The number of H-pyrrole nitrogens is 1. The number of carbonyl (C=O) groups is 2. The second kappa shape index (κ2) is 8.10. The largest absolute Gasteiger partial charge is 0.481 e. The molecule has 0 fully saturated rings. The van der Waals surface area contributed by atoms with Crippen LogP contribution in [0.15, 0.2) is 5.10 Å². The maximum atomic E-state index is 12.3. The summed E-state index contributed by atoms with van der Waals surface area (Å²) in [5, 5.41) is 17.1. The Balaban J connectivity index is 2.76. The number of carboxylic acids is 1. The number of aliphatic carboxylic acids is 1. The number of halogens is 3. The Labute approximate surface area is 127 Å². The van der Waals surface area contributed by atoms with Gasteiger partial charge in [0.2, 0.25) is 5.82 Å². The van der Waals surface area contributed by atoms with Crippen LogP contribution in [0.3, 0.4) is 0 Å². The average molecular weight is 337 g/mol. The van der Waals surface area contributed by atoms with Crippen molar-refractivity contribution in [2.75, 3.05) is 12.0 Å². The molecule has 3 N–H and O–H groups in total. The van der Waals surface area contributed by atoms with E-state index < -0.39 is 29.9 Å². The molecule has 0 saturated carbocycles. The number of esters is 1. The van der Waals surface area contributed by atoms with Gasteiger partial charge < -0.3 is 9.84 Å². The number of hydrogen-bond donors (Lipinski definition) is 3. The third-order valence-corrected chi connectivity index (χ3v) is 2.36. The van der Waals surface area contributed by atoms with Gasteiger partial charge >= 0.3 is 18.1 Å². The van der Waals surface area contributed by atoms with Crippen LogP contribution < -0.4 is 5.43 Å². The molecule has 0 spiro atoms. The molecule has 0 amide bonds. The van der Waals surface area contributed by atoms with Gasteiger partial charge in [0.05, 0.1) is 6.61 Å². The van der Waals surface area contributed by atoms with Crippen LogP contribution in [0.5, 0.6) is 0 Å². The minimum absolute atomic E-state index is 0.0331. The number of rotatable bonds is 8. The lowest BCUT2D eigenvalue weighted by Gasteiger charge is -2.05. The Bertz CT molecular complexity index is 584. The molecule has 0 aliphatic heterocycles. The number of carbonyl (C=O) groups excluding carboxylic acids is 1. The minimum atomic E-state index is -4.69. The highest BCUT2D eigenvalue weighted by Gasteiger charge is 2.35. The number of hydrogen-bond acceptors (Lipinski definition) is 7. The quantitative estimate of drug-likeness (QED) is 0.371.